The Hall–Kier alpha value is -1.42. The zero-order valence-corrected chi connectivity index (χ0v) is 13.4. The first-order valence-corrected chi connectivity index (χ1v) is 7.31. The molecule has 5 heteroatoms. The zero-order valence-electron chi connectivity index (χ0n) is 11.9. The van der Waals surface area contributed by atoms with Gasteiger partial charge in [-0.05, 0) is 31.5 Å². The fourth-order valence-corrected chi connectivity index (χ4v) is 2.42. The van der Waals surface area contributed by atoms with Crippen LogP contribution in [0.5, 0.6) is 0 Å². The Morgan fingerprint density at radius 1 is 1.14 bits per heavy atom. The predicted octanol–water partition coefficient (Wildman–Crippen LogP) is 4.10. The molecule has 0 aliphatic heterocycles. The van der Waals surface area contributed by atoms with Crippen molar-refractivity contribution in [2.75, 3.05) is 6.54 Å². The molecule has 2 aromatic rings. The number of benzene rings is 1. The molecular weight excluding hydrogens is 307 g/mol. The van der Waals surface area contributed by atoms with Crippen LogP contribution in [0.3, 0.4) is 0 Å². The number of hydrogen-bond acceptors (Lipinski definition) is 3. The van der Waals surface area contributed by atoms with E-state index in [-0.39, 0.29) is 12.3 Å². The molecule has 0 spiro atoms. The van der Waals surface area contributed by atoms with Gasteiger partial charge >= 0.3 is 0 Å². The minimum atomic E-state index is -0.444. The van der Waals surface area contributed by atoms with Crippen LogP contribution in [-0.2, 0) is 5.54 Å². The van der Waals surface area contributed by atoms with E-state index in [4.69, 9.17) is 23.2 Å². The smallest absolute Gasteiger partial charge is 0.176 e. The van der Waals surface area contributed by atoms with E-state index in [1.165, 1.54) is 0 Å². The van der Waals surface area contributed by atoms with Crippen LogP contribution in [0.25, 0.3) is 0 Å². The van der Waals surface area contributed by atoms with Crippen molar-refractivity contribution < 1.29 is 4.79 Å². The fraction of sp³-hybridized carbons (Fsp3) is 0.250. The number of halogens is 2. The van der Waals surface area contributed by atoms with Crippen molar-refractivity contribution in [2.45, 2.75) is 19.4 Å². The van der Waals surface area contributed by atoms with Crippen LogP contribution in [0.2, 0.25) is 10.3 Å². The number of Topliss-reactive ketones (excluding diaryl/α,β-unsaturated/α-hetero) is 1. The number of hydrogen-bond donors (Lipinski definition) is 1. The molecular formula is C16H16Cl2N2O. The maximum atomic E-state index is 12.1. The van der Waals surface area contributed by atoms with Crippen LogP contribution < -0.4 is 5.32 Å². The van der Waals surface area contributed by atoms with Crippen LogP contribution in [0, 0.1) is 0 Å². The summed E-state index contributed by atoms with van der Waals surface area (Å²) in [4.78, 5) is 16.1. The van der Waals surface area contributed by atoms with Gasteiger partial charge < -0.3 is 5.32 Å². The van der Waals surface area contributed by atoms with E-state index < -0.39 is 5.54 Å². The van der Waals surface area contributed by atoms with Crippen molar-refractivity contribution in [2.24, 2.45) is 0 Å². The van der Waals surface area contributed by atoms with E-state index in [9.17, 15) is 4.79 Å². The third-order valence-electron chi connectivity index (χ3n) is 3.27. The molecule has 1 heterocycles. The molecule has 1 N–H and O–H groups in total. The van der Waals surface area contributed by atoms with E-state index >= 15 is 0 Å². The topological polar surface area (TPSA) is 42.0 Å². The summed E-state index contributed by atoms with van der Waals surface area (Å²) in [7, 11) is 0. The highest BCUT2D eigenvalue weighted by Crippen LogP contribution is 2.25. The van der Waals surface area contributed by atoms with E-state index in [1.807, 2.05) is 32.0 Å². The van der Waals surface area contributed by atoms with E-state index in [0.717, 1.165) is 5.56 Å². The maximum absolute atomic E-state index is 12.1. The summed E-state index contributed by atoms with van der Waals surface area (Å²) in [6, 6.07) is 12.7. The first-order valence-electron chi connectivity index (χ1n) is 6.55. The van der Waals surface area contributed by atoms with Crippen molar-refractivity contribution in [3.8, 4) is 0 Å². The molecule has 2 rings (SSSR count). The van der Waals surface area contributed by atoms with Crippen LogP contribution in [0.4, 0.5) is 0 Å². The molecule has 3 nitrogen and oxygen atoms in total. The summed E-state index contributed by atoms with van der Waals surface area (Å²) in [5, 5.41) is 3.90. The molecule has 0 amide bonds. The standard InChI is InChI=1S/C16H16Cl2N2O/c1-16(2,12-8-14(17)20-15(18)9-12)19-10-13(21)11-6-4-3-5-7-11/h3-9,19H,10H2,1-2H3. The Morgan fingerprint density at radius 2 is 1.71 bits per heavy atom. The van der Waals surface area contributed by atoms with Gasteiger partial charge in [0.05, 0.1) is 6.54 Å². The Kier molecular flexibility index (Phi) is 4.99. The summed E-state index contributed by atoms with van der Waals surface area (Å²) >= 11 is 11.8. The van der Waals surface area contributed by atoms with Gasteiger partial charge in [-0.15, -0.1) is 0 Å². The second kappa shape index (κ2) is 6.56. The lowest BCUT2D eigenvalue weighted by molar-refractivity contribution is 0.0980. The van der Waals surface area contributed by atoms with Crippen molar-refractivity contribution >= 4 is 29.0 Å². The number of carbonyl (C=O) groups excluding carboxylic acids is 1. The second-order valence-electron chi connectivity index (χ2n) is 5.27. The summed E-state index contributed by atoms with van der Waals surface area (Å²) in [5.74, 6) is 0.0370. The molecule has 1 aromatic heterocycles. The predicted molar refractivity (Wildman–Crippen MR) is 86.1 cm³/mol. The van der Waals surface area contributed by atoms with E-state index in [2.05, 4.69) is 10.3 Å². The highest BCUT2D eigenvalue weighted by Gasteiger charge is 2.22. The van der Waals surface area contributed by atoms with Gasteiger partial charge in [0.25, 0.3) is 0 Å². The number of nitrogens with zero attached hydrogens (tertiary/aromatic N) is 1. The van der Waals surface area contributed by atoms with Crippen molar-refractivity contribution in [3.63, 3.8) is 0 Å². The third-order valence-corrected chi connectivity index (χ3v) is 3.66. The fourth-order valence-electron chi connectivity index (χ4n) is 1.96. The largest absolute Gasteiger partial charge is 0.301 e. The molecule has 110 valence electrons. The van der Waals surface area contributed by atoms with Crippen molar-refractivity contribution in [1.29, 1.82) is 0 Å². The second-order valence-corrected chi connectivity index (χ2v) is 6.04. The summed E-state index contributed by atoms with van der Waals surface area (Å²) in [5.41, 5.74) is 1.13. The molecule has 0 saturated carbocycles. The maximum Gasteiger partial charge on any atom is 0.176 e. The molecule has 0 aliphatic carbocycles. The molecule has 1 aromatic carbocycles. The number of ketones is 1. The lowest BCUT2D eigenvalue weighted by atomic mass is 9.95. The summed E-state index contributed by atoms with van der Waals surface area (Å²) in [6.45, 7) is 4.16. The number of carbonyl (C=O) groups is 1. The monoisotopic (exact) mass is 322 g/mol. The van der Waals surface area contributed by atoms with Gasteiger partial charge in [0.15, 0.2) is 5.78 Å². The van der Waals surface area contributed by atoms with Crippen LogP contribution >= 0.6 is 23.2 Å². The third kappa shape index (κ3) is 4.27. The highest BCUT2D eigenvalue weighted by molar-refractivity contribution is 6.32. The molecule has 0 fully saturated rings. The Morgan fingerprint density at radius 3 is 2.29 bits per heavy atom. The number of rotatable bonds is 5. The average molecular weight is 323 g/mol. The van der Waals surface area contributed by atoms with Crippen LogP contribution in [0.1, 0.15) is 29.8 Å². The van der Waals surface area contributed by atoms with E-state index in [1.54, 1.807) is 24.3 Å². The highest BCUT2D eigenvalue weighted by atomic mass is 35.5. The zero-order chi connectivity index (χ0) is 15.5. The van der Waals surface area contributed by atoms with E-state index in [0.29, 0.717) is 15.9 Å². The van der Waals surface area contributed by atoms with Gasteiger partial charge in [-0.25, -0.2) is 4.98 Å². The van der Waals surface area contributed by atoms with Crippen LogP contribution in [-0.4, -0.2) is 17.3 Å². The summed E-state index contributed by atoms with van der Waals surface area (Å²) < 4.78 is 0. The average Bonchev–Trinajstić information content (AvgIpc) is 2.45. The molecule has 0 atom stereocenters. The van der Waals surface area contributed by atoms with Gasteiger partial charge in [-0.1, -0.05) is 53.5 Å². The molecule has 0 aliphatic rings. The molecule has 0 bridgehead atoms. The van der Waals surface area contributed by atoms with Gasteiger partial charge in [0.2, 0.25) is 0 Å². The van der Waals surface area contributed by atoms with Gasteiger partial charge in [-0.2, -0.15) is 0 Å². The first-order chi connectivity index (χ1) is 9.88. The van der Waals surface area contributed by atoms with Crippen molar-refractivity contribution in [1.82, 2.24) is 10.3 Å². The Balaban J connectivity index is 2.09. The van der Waals surface area contributed by atoms with Gasteiger partial charge in [-0.3, -0.25) is 4.79 Å². The van der Waals surface area contributed by atoms with Gasteiger partial charge in [0, 0.05) is 11.1 Å². The Labute approximate surface area is 134 Å². The number of nitrogens with one attached hydrogen (secondary N) is 1. The normalized spacial score (nSPS) is 11.4. The molecule has 0 saturated heterocycles. The quantitative estimate of drug-likeness (QED) is 0.665. The summed E-state index contributed by atoms with van der Waals surface area (Å²) in [6.07, 6.45) is 0. The van der Waals surface area contributed by atoms with Crippen molar-refractivity contribution in [3.05, 3.63) is 63.9 Å². The minimum absolute atomic E-state index is 0.0370. The Bertz CT molecular complexity index is 622. The SMILES string of the molecule is CC(C)(NCC(=O)c1ccccc1)c1cc(Cl)nc(Cl)c1. The minimum Gasteiger partial charge on any atom is -0.301 e. The lowest BCUT2D eigenvalue weighted by Gasteiger charge is -2.27. The van der Waals surface area contributed by atoms with Gasteiger partial charge in [0.1, 0.15) is 10.3 Å². The van der Waals surface area contributed by atoms with Crippen LogP contribution in [0.15, 0.2) is 42.5 Å². The lowest BCUT2D eigenvalue weighted by Crippen LogP contribution is -2.39. The number of pyridine rings is 1. The number of aromatic nitrogens is 1. The molecule has 0 unspecified atom stereocenters. The molecule has 0 radical (unpaired) electrons. The first kappa shape index (κ1) is 16.0. The molecule has 21 heavy (non-hydrogen) atoms.